The molecular formula is C20H26ClN3O3. The highest BCUT2D eigenvalue weighted by Gasteiger charge is 2.25. The van der Waals surface area contributed by atoms with Gasteiger partial charge >= 0.3 is 5.97 Å². The quantitative estimate of drug-likeness (QED) is 0.703. The first-order valence-corrected chi connectivity index (χ1v) is 9.76. The highest BCUT2D eigenvalue weighted by Crippen LogP contribution is 2.30. The van der Waals surface area contributed by atoms with Crippen molar-refractivity contribution in [2.24, 2.45) is 0 Å². The Hall–Kier alpha value is -2.05. The van der Waals surface area contributed by atoms with Gasteiger partial charge in [0.1, 0.15) is 5.69 Å². The largest absolute Gasteiger partial charge is 0.465 e. The van der Waals surface area contributed by atoms with Crippen molar-refractivity contribution in [1.82, 2.24) is 10.1 Å². The van der Waals surface area contributed by atoms with Gasteiger partial charge in [0.25, 0.3) is 0 Å². The molecule has 146 valence electrons. The zero-order valence-corrected chi connectivity index (χ0v) is 16.6. The van der Waals surface area contributed by atoms with Gasteiger partial charge in [-0.05, 0) is 32.0 Å². The van der Waals surface area contributed by atoms with Gasteiger partial charge in [0, 0.05) is 29.7 Å². The van der Waals surface area contributed by atoms with E-state index in [4.69, 9.17) is 20.9 Å². The van der Waals surface area contributed by atoms with Crippen molar-refractivity contribution in [2.45, 2.75) is 38.1 Å². The third-order valence-corrected chi connectivity index (χ3v) is 5.40. The van der Waals surface area contributed by atoms with Crippen LogP contribution in [0.1, 0.15) is 42.5 Å². The number of hydrogen-bond acceptors (Lipinski definition) is 6. The van der Waals surface area contributed by atoms with Crippen molar-refractivity contribution in [3.63, 3.8) is 0 Å². The number of ether oxygens (including phenoxy) is 1. The highest BCUT2D eigenvalue weighted by atomic mass is 35.5. The van der Waals surface area contributed by atoms with Gasteiger partial charge in [0.2, 0.25) is 5.88 Å². The first kappa shape index (κ1) is 19.7. The minimum Gasteiger partial charge on any atom is -0.465 e. The van der Waals surface area contributed by atoms with Gasteiger partial charge in [-0.2, -0.15) is 0 Å². The third kappa shape index (κ3) is 4.82. The average molecular weight is 392 g/mol. The van der Waals surface area contributed by atoms with Crippen molar-refractivity contribution in [2.75, 3.05) is 32.6 Å². The van der Waals surface area contributed by atoms with Gasteiger partial charge in [0.15, 0.2) is 5.56 Å². The molecule has 0 amide bonds. The van der Waals surface area contributed by atoms with Crippen molar-refractivity contribution >= 4 is 23.5 Å². The van der Waals surface area contributed by atoms with Crippen molar-refractivity contribution in [1.29, 1.82) is 0 Å². The smallest absolute Gasteiger partial charge is 0.345 e. The van der Waals surface area contributed by atoms with Crippen molar-refractivity contribution in [3.8, 4) is 11.3 Å². The van der Waals surface area contributed by atoms with Gasteiger partial charge in [-0.3, -0.25) is 0 Å². The molecule has 0 atom stereocenters. The molecule has 1 aromatic carbocycles. The lowest BCUT2D eigenvalue weighted by atomic mass is 9.94. The number of likely N-dealkylation sites (N-methyl/N-ethyl adjacent to an activating group) is 1. The minimum absolute atomic E-state index is 0.306. The Bertz CT molecular complexity index is 754. The maximum Gasteiger partial charge on any atom is 0.345 e. The number of nitrogens with one attached hydrogen (secondary N) is 1. The zero-order valence-electron chi connectivity index (χ0n) is 15.8. The number of esters is 1. The number of rotatable bonds is 7. The summed E-state index contributed by atoms with van der Waals surface area (Å²) in [5.74, 6) is -0.145. The van der Waals surface area contributed by atoms with E-state index in [2.05, 4.69) is 22.4 Å². The summed E-state index contributed by atoms with van der Waals surface area (Å²) in [4.78, 5) is 14.7. The van der Waals surface area contributed by atoms with E-state index in [1.807, 2.05) is 0 Å². The summed E-state index contributed by atoms with van der Waals surface area (Å²) in [5.41, 5.74) is 1.50. The summed E-state index contributed by atoms with van der Waals surface area (Å²) in [7, 11) is 3.50. The molecule has 1 heterocycles. The van der Waals surface area contributed by atoms with E-state index in [0.717, 1.165) is 12.1 Å². The molecular weight excluding hydrogens is 366 g/mol. The van der Waals surface area contributed by atoms with E-state index in [1.165, 1.54) is 39.2 Å². The summed E-state index contributed by atoms with van der Waals surface area (Å²) in [6.45, 7) is 1.52. The normalized spacial score (nSPS) is 15.1. The maximum absolute atomic E-state index is 12.3. The second-order valence-electron chi connectivity index (χ2n) is 6.93. The first-order chi connectivity index (χ1) is 13.1. The van der Waals surface area contributed by atoms with Gasteiger partial charge in [0.05, 0.1) is 7.11 Å². The predicted molar refractivity (Wildman–Crippen MR) is 106 cm³/mol. The Kier molecular flexibility index (Phi) is 6.74. The SMILES string of the molecule is COC(=O)c1c(-c2ccc(Cl)cc2)noc1NCCN(C)C1CCCCC1. The van der Waals surface area contributed by atoms with E-state index < -0.39 is 5.97 Å². The maximum atomic E-state index is 12.3. The molecule has 0 spiro atoms. The van der Waals surface area contributed by atoms with Gasteiger partial charge in [-0.15, -0.1) is 0 Å². The van der Waals surface area contributed by atoms with E-state index in [0.29, 0.717) is 34.8 Å². The summed E-state index contributed by atoms with van der Waals surface area (Å²) in [6.07, 6.45) is 6.47. The van der Waals surface area contributed by atoms with Crippen LogP contribution in [-0.4, -0.2) is 49.3 Å². The molecule has 2 aromatic rings. The number of hydrogen-bond donors (Lipinski definition) is 1. The van der Waals surface area contributed by atoms with Crippen molar-refractivity contribution < 1.29 is 14.1 Å². The summed E-state index contributed by atoms with van der Waals surface area (Å²) < 4.78 is 10.3. The molecule has 1 aliphatic rings. The Labute approximate surface area is 164 Å². The predicted octanol–water partition coefficient (Wildman–Crippen LogP) is 4.46. The monoisotopic (exact) mass is 391 g/mol. The number of methoxy groups -OCH3 is 1. The fourth-order valence-electron chi connectivity index (χ4n) is 3.56. The van der Waals surface area contributed by atoms with E-state index in [9.17, 15) is 4.79 Å². The van der Waals surface area contributed by atoms with Crippen LogP contribution in [0, 0.1) is 0 Å². The van der Waals surface area contributed by atoms with E-state index >= 15 is 0 Å². The Morgan fingerprint density at radius 2 is 2.00 bits per heavy atom. The number of carbonyl (C=O) groups excluding carboxylic acids is 1. The Balaban J connectivity index is 1.69. The minimum atomic E-state index is -0.482. The molecule has 1 aromatic heterocycles. The molecule has 27 heavy (non-hydrogen) atoms. The van der Waals surface area contributed by atoms with Crippen molar-refractivity contribution in [3.05, 3.63) is 34.9 Å². The molecule has 1 saturated carbocycles. The number of nitrogens with zero attached hydrogens (tertiary/aromatic N) is 2. The second kappa shape index (κ2) is 9.24. The molecule has 0 aliphatic heterocycles. The Morgan fingerprint density at radius 3 is 2.67 bits per heavy atom. The molecule has 3 rings (SSSR count). The first-order valence-electron chi connectivity index (χ1n) is 9.38. The number of halogens is 1. The number of aromatic nitrogens is 1. The van der Waals surface area contributed by atoms with Crippen LogP contribution in [0.4, 0.5) is 5.88 Å². The van der Waals surface area contributed by atoms with Crippen LogP contribution in [0.5, 0.6) is 0 Å². The standard InChI is InChI=1S/C20H26ClN3O3/c1-24(16-6-4-3-5-7-16)13-12-22-19-17(20(25)26-2)18(23-27-19)14-8-10-15(21)11-9-14/h8-11,16,22H,3-7,12-13H2,1-2H3. The number of benzene rings is 1. The molecule has 0 bridgehead atoms. The lowest BCUT2D eigenvalue weighted by Gasteiger charge is -2.31. The van der Waals surface area contributed by atoms with E-state index in [1.54, 1.807) is 24.3 Å². The average Bonchev–Trinajstić information content (AvgIpc) is 3.12. The lowest BCUT2D eigenvalue weighted by molar-refractivity contribution is 0.0602. The van der Waals surface area contributed by atoms with Crippen LogP contribution < -0.4 is 5.32 Å². The molecule has 0 saturated heterocycles. The third-order valence-electron chi connectivity index (χ3n) is 5.15. The fourth-order valence-corrected chi connectivity index (χ4v) is 3.68. The van der Waals surface area contributed by atoms with Gasteiger partial charge in [-0.25, -0.2) is 4.79 Å². The topological polar surface area (TPSA) is 67.6 Å². The van der Waals surface area contributed by atoms with Crippen LogP contribution in [-0.2, 0) is 4.74 Å². The van der Waals surface area contributed by atoms with Gasteiger partial charge in [-0.1, -0.05) is 48.2 Å². The van der Waals surface area contributed by atoms with Crippen LogP contribution in [0.3, 0.4) is 0 Å². The highest BCUT2D eigenvalue weighted by molar-refractivity contribution is 6.30. The fraction of sp³-hybridized carbons (Fsp3) is 0.500. The Morgan fingerprint density at radius 1 is 1.30 bits per heavy atom. The molecule has 1 N–H and O–H groups in total. The zero-order chi connectivity index (χ0) is 19.2. The number of carbonyl (C=O) groups is 1. The lowest BCUT2D eigenvalue weighted by Crippen LogP contribution is -2.36. The number of anilines is 1. The second-order valence-corrected chi connectivity index (χ2v) is 7.37. The van der Waals surface area contributed by atoms with Crippen LogP contribution in [0.15, 0.2) is 28.8 Å². The molecule has 6 nitrogen and oxygen atoms in total. The van der Waals surface area contributed by atoms with Crippen LogP contribution in [0.25, 0.3) is 11.3 Å². The molecule has 0 radical (unpaired) electrons. The molecule has 1 aliphatic carbocycles. The molecule has 0 unspecified atom stereocenters. The summed E-state index contributed by atoms with van der Waals surface area (Å²) in [6, 6.07) is 7.73. The van der Waals surface area contributed by atoms with Crippen LogP contribution >= 0.6 is 11.6 Å². The summed E-state index contributed by atoms with van der Waals surface area (Å²) in [5, 5.41) is 7.90. The van der Waals surface area contributed by atoms with E-state index in [-0.39, 0.29) is 0 Å². The molecule has 1 fully saturated rings. The molecule has 7 heteroatoms. The van der Waals surface area contributed by atoms with Crippen LogP contribution in [0.2, 0.25) is 5.02 Å². The van der Waals surface area contributed by atoms with Gasteiger partial charge < -0.3 is 19.5 Å². The summed E-state index contributed by atoms with van der Waals surface area (Å²) >= 11 is 5.94.